The highest BCUT2D eigenvalue weighted by atomic mass is 35.5. The van der Waals surface area contributed by atoms with Crippen molar-refractivity contribution in [1.82, 2.24) is 4.31 Å². The summed E-state index contributed by atoms with van der Waals surface area (Å²) in [6.07, 6.45) is 1.47. The molecule has 1 aliphatic heterocycles. The van der Waals surface area contributed by atoms with Gasteiger partial charge in [-0.05, 0) is 31.0 Å². The number of hydrogen-bond acceptors (Lipinski definition) is 4. The van der Waals surface area contributed by atoms with Gasteiger partial charge in [-0.25, -0.2) is 16.8 Å². The molecule has 0 radical (unpaired) electrons. The first-order valence-electron chi connectivity index (χ1n) is 6.07. The summed E-state index contributed by atoms with van der Waals surface area (Å²) in [5, 5.41) is -0.247. The maximum Gasteiger partial charge on any atom is 0.243 e. The van der Waals surface area contributed by atoms with E-state index in [0.717, 1.165) is 11.8 Å². The summed E-state index contributed by atoms with van der Waals surface area (Å²) >= 11 is 5.95. The fraction of sp³-hybridized carbons (Fsp3) is 0.500. The van der Waals surface area contributed by atoms with Gasteiger partial charge < -0.3 is 0 Å². The average Bonchev–Trinajstić information content (AvgIpc) is 2.82. The van der Waals surface area contributed by atoms with Gasteiger partial charge in [0, 0.05) is 24.4 Å². The van der Waals surface area contributed by atoms with Crippen molar-refractivity contribution in [3.63, 3.8) is 0 Å². The van der Waals surface area contributed by atoms with Gasteiger partial charge in [0.25, 0.3) is 0 Å². The van der Waals surface area contributed by atoms with Crippen LogP contribution >= 0.6 is 11.6 Å². The monoisotopic (exact) mass is 337 g/mol. The normalized spacial score (nSPS) is 21.2. The van der Waals surface area contributed by atoms with Crippen LogP contribution in [-0.2, 0) is 19.9 Å². The molecule has 0 aromatic heterocycles. The Morgan fingerprint density at radius 2 is 1.90 bits per heavy atom. The van der Waals surface area contributed by atoms with E-state index in [9.17, 15) is 16.8 Å². The first kappa shape index (κ1) is 15.8. The molecule has 0 bridgehead atoms. The van der Waals surface area contributed by atoms with Gasteiger partial charge in [0.2, 0.25) is 10.0 Å². The quantitative estimate of drug-likeness (QED) is 0.837. The van der Waals surface area contributed by atoms with Crippen molar-refractivity contribution in [2.24, 2.45) is 0 Å². The van der Waals surface area contributed by atoms with Crippen molar-refractivity contribution in [2.75, 3.05) is 19.3 Å². The lowest BCUT2D eigenvalue weighted by Crippen LogP contribution is -2.31. The van der Waals surface area contributed by atoms with Crippen LogP contribution in [0.2, 0.25) is 5.02 Å². The van der Waals surface area contributed by atoms with Gasteiger partial charge in [0.05, 0.1) is 10.1 Å². The summed E-state index contributed by atoms with van der Waals surface area (Å²) < 4.78 is 49.1. The molecule has 20 heavy (non-hydrogen) atoms. The van der Waals surface area contributed by atoms with E-state index in [1.165, 1.54) is 16.4 Å². The summed E-state index contributed by atoms with van der Waals surface area (Å²) in [6.45, 7) is 2.01. The first-order chi connectivity index (χ1) is 9.12. The minimum Gasteiger partial charge on any atom is -0.229 e. The Hall–Kier alpha value is -0.630. The molecular formula is C12H16ClNO4S2. The molecule has 8 heteroatoms. The zero-order valence-corrected chi connectivity index (χ0v) is 13.6. The number of rotatable bonds is 3. The number of benzene rings is 1. The predicted octanol–water partition coefficient (Wildman–Crippen LogP) is 1.46. The molecule has 1 saturated heterocycles. The van der Waals surface area contributed by atoms with E-state index >= 15 is 0 Å². The highest BCUT2D eigenvalue weighted by Crippen LogP contribution is 2.26. The number of sulfone groups is 1. The lowest BCUT2D eigenvalue weighted by atomic mass is 10.2. The molecule has 0 spiro atoms. The average molecular weight is 338 g/mol. The molecule has 1 atom stereocenters. The standard InChI is InChI=1S/C12H16ClNO4S2/c1-9-3-4-10(7-12(9)13)20(17,18)14-6-5-11(8-14)19(2,15)16/h3-4,7,11H,5-6,8H2,1-2H3/t11-/m1/s1. The van der Waals surface area contributed by atoms with Gasteiger partial charge in [-0.1, -0.05) is 17.7 Å². The molecular weight excluding hydrogens is 322 g/mol. The summed E-state index contributed by atoms with van der Waals surface area (Å²) in [6, 6.07) is 4.53. The predicted molar refractivity (Wildman–Crippen MR) is 78.2 cm³/mol. The molecule has 5 nitrogen and oxygen atoms in total. The molecule has 0 aliphatic carbocycles. The molecule has 2 rings (SSSR count). The van der Waals surface area contributed by atoms with Gasteiger partial charge in [-0.15, -0.1) is 0 Å². The zero-order valence-electron chi connectivity index (χ0n) is 11.2. The Morgan fingerprint density at radius 1 is 1.25 bits per heavy atom. The van der Waals surface area contributed by atoms with Crippen LogP contribution in [0.4, 0.5) is 0 Å². The Labute approximate surface area is 124 Å². The Morgan fingerprint density at radius 3 is 2.40 bits per heavy atom. The molecule has 1 fully saturated rings. The van der Waals surface area contributed by atoms with E-state index in [4.69, 9.17) is 11.6 Å². The number of nitrogens with zero attached hydrogens (tertiary/aromatic N) is 1. The minimum absolute atomic E-state index is 0.00661. The molecule has 1 heterocycles. The van der Waals surface area contributed by atoms with Gasteiger partial charge in [-0.2, -0.15) is 4.31 Å². The highest BCUT2D eigenvalue weighted by molar-refractivity contribution is 7.91. The van der Waals surface area contributed by atoms with Crippen LogP contribution in [0.15, 0.2) is 23.1 Å². The molecule has 0 N–H and O–H groups in total. The van der Waals surface area contributed by atoms with Crippen LogP contribution in [0, 0.1) is 6.92 Å². The summed E-state index contributed by atoms with van der Waals surface area (Å²) in [5.41, 5.74) is 0.793. The van der Waals surface area contributed by atoms with E-state index in [-0.39, 0.29) is 18.0 Å². The van der Waals surface area contributed by atoms with Crippen LogP contribution in [0.3, 0.4) is 0 Å². The van der Waals surface area contributed by atoms with Crippen molar-refractivity contribution in [3.8, 4) is 0 Å². The second-order valence-electron chi connectivity index (χ2n) is 5.01. The lowest BCUT2D eigenvalue weighted by Gasteiger charge is -2.16. The number of aryl methyl sites for hydroxylation is 1. The van der Waals surface area contributed by atoms with Crippen LogP contribution in [0.25, 0.3) is 0 Å². The van der Waals surface area contributed by atoms with Crippen molar-refractivity contribution in [2.45, 2.75) is 23.5 Å². The van der Waals surface area contributed by atoms with Crippen LogP contribution < -0.4 is 0 Å². The van der Waals surface area contributed by atoms with E-state index in [0.29, 0.717) is 11.4 Å². The molecule has 1 aromatic rings. The van der Waals surface area contributed by atoms with Gasteiger partial charge in [-0.3, -0.25) is 0 Å². The van der Waals surface area contributed by atoms with Crippen molar-refractivity contribution in [3.05, 3.63) is 28.8 Å². The third-order valence-corrected chi connectivity index (χ3v) is 7.36. The second-order valence-corrected chi connectivity index (χ2v) is 9.69. The molecule has 0 unspecified atom stereocenters. The van der Waals surface area contributed by atoms with Gasteiger partial charge in [0.15, 0.2) is 9.84 Å². The minimum atomic E-state index is -3.69. The molecule has 112 valence electrons. The largest absolute Gasteiger partial charge is 0.243 e. The molecule has 1 aliphatic rings. The fourth-order valence-corrected chi connectivity index (χ4v) is 5.00. The summed E-state index contributed by atoms with van der Waals surface area (Å²) in [7, 11) is -6.91. The maximum absolute atomic E-state index is 12.4. The van der Waals surface area contributed by atoms with E-state index < -0.39 is 25.1 Å². The smallest absolute Gasteiger partial charge is 0.229 e. The van der Waals surface area contributed by atoms with E-state index in [2.05, 4.69) is 0 Å². The van der Waals surface area contributed by atoms with E-state index in [1.807, 2.05) is 0 Å². The fourth-order valence-electron chi connectivity index (χ4n) is 2.15. The zero-order chi connectivity index (χ0) is 15.1. The topological polar surface area (TPSA) is 71.5 Å². The Balaban J connectivity index is 2.30. The van der Waals surface area contributed by atoms with Gasteiger partial charge >= 0.3 is 0 Å². The summed E-state index contributed by atoms with van der Waals surface area (Å²) in [4.78, 5) is 0.0993. The highest BCUT2D eigenvalue weighted by Gasteiger charge is 2.37. The third kappa shape index (κ3) is 3.00. The SMILES string of the molecule is Cc1ccc(S(=O)(=O)N2CC[C@@H](S(C)(=O)=O)C2)cc1Cl. The summed E-state index contributed by atoms with van der Waals surface area (Å²) in [5.74, 6) is 0. The number of halogens is 1. The Kier molecular flexibility index (Phi) is 4.17. The first-order valence-corrected chi connectivity index (χ1v) is 9.85. The van der Waals surface area contributed by atoms with Crippen molar-refractivity contribution >= 4 is 31.5 Å². The number of hydrogen-bond donors (Lipinski definition) is 0. The third-order valence-electron chi connectivity index (χ3n) is 3.49. The molecule has 1 aromatic carbocycles. The van der Waals surface area contributed by atoms with Crippen LogP contribution in [-0.4, -0.2) is 45.7 Å². The maximum atomic E-state index is 12.4. The van der Waals surface area contributed by atoms with Gasteiger partial charge in [0.1, 0.15) is 0 Å². The molecule has 0 saturated carbocycles. The van der Waals surface area contributed by atoms with Crippen molar-refractivity contribution in [1.29, 1.82) is 0 Å². The molecule has 0 amide bonds. The van der Waals surface area contributed by atoms with Crippen molar-refractivity contribution < 1.29 is 16.8 Å². The van der Waals surface area contributed by atoms with E-state index in [1.54, 1.807) is 13.0 Å². The Bertz CT molecular complexity index is 728. The second kappa shape index (κ2) is 5.29. The van der Waals surface area contributed by atoms with Crippen LogP contribution in [0.1, 0.15) is 12.0 Å². The van der Waals surface area contributed by atoms with Crippen LogP contribution in [0.5, 0.6) is 0 Å². The lowest BCUT2D eigenvalue weighted by molar-refractivity contribution is 0.477. The number of sulfonamides is 1.